The van der Waals surface area contributed by atoms with Crippen LogP contribution in [0.3, 0.4) is 0 Å². The van der Waals surface area contributed by atoms with Gasteiger partial charge in [-0.25, -0.2) is 8.42 Å². The minimum Gasteiger partial charge on any atom is -0.492 e. The highest BCUT2D eigenvalue weighted by Crippen LogP contribution is 2.20. The van der Waals surface area contributed by atoms with Crippen molar-refractivity contribution in [3.63, 3.8) is 0 Å². The molecule has 0 spiro atoms. The van der Waals surface area contributed by atoms with Crippen molar-refractivity contribution < 1.29 is 22.7 Å². The van der Waals surface area contributed by atoms with Crippen molar-refractivity contribution in [3.8, 4) is 5.75 Å². The van der Waals surface area contributed by atoms with E-state index in [1.165, 1.54) is 4.31 Å². The van der Waals surface area contributed by atoms with Crippen LogP contribution in [0.15, 0.2) is 83.8 Å². The van der Waals surface area contributed by atoms with E-state index in [1.54, 1.807) is 65.6 Å². The summed E-state index contributed by atoms with van der Waals surface area (Å²) in [4.78, 5) is 26.5. The van der Waals surface area contributed by atoms with Crippen molar-refractivity contribution in [2.75, 3.05) is 32.8 Å². The first-order valence-electron chi connectivity index (χ1n) is 11.3. The molecule has 3 aromatic carbocycles. The minimum absolute atomic E-state index is 0.136. The Morgan fingerprint density at radius 1 is 0.857 bits per heavy atom. The van der Waals surface area contributed by atoms with Crippen molar-refractivity contribution in [1.82, 2.24) is 9.21 Å². The van der Waals surface area contributed by atoms with Crippen LogP contribution in [0, 0.1) is 0 Å². The fourth-order valence-electron chi connectivity index (χ4n) is 3.99. The number of para-hydroxylation sites is 1. The second-order valence-electron chi connectivity index (χ2n) is 8.17. The minimum atomic E-state index is -3.57. The first kappa shape index (κ1) is 24.4. The van der Waals surface area contributed by atoms with Crippen molar-refractivity contribution in [3.05, 3.63) is 95.6 Å². The number of carbonyl (C=O) groups is 2. The third-order valence-corrected chi connectivity index (χ3v) is 7.79. The van der Waals surface area contributed by atoms with Crippen LogP contribution in [0.2, 0.25) is 0 Å². The lowest BCUT2D eigenvalue weighted by atomic mass is 10.1. The lowest BCUT2D eigenvalue weighted by molar-refractivity contribution is 0.0697. The summed E-state index contributed by atoms with van der Waals surface area (Å²) in [7, 11) is -3.57. The Balaban J connectivity index is 1.34. The van der Waals surface area contributed by atoms with Crippen LogP contribution >= 0.6 is 0 Å². The van der Waals surface area contributed by atoms with Gasteiger partial charge in [0.05, 0.1) is 17.1 Å². The number of rotatable bonds is 8. The van der Waals surface area contributed by atoms with Crippen LogP contribution in [-0.4, -0.2) is 62.2 Å². The number of nitrogens with two attached hydrogens (primary N) is 1. The number of benzene rings is 3. The third-order valence-electron chi connectivity index (χ3n) is 5.88. The quantitative estimate of drug-likeness (QED) is 0.519. The zero-order valence-corrected chi connectivity index (χ0v) is 20.0. The van der Waals surface area contributed by atoms with E-state index in [4.69, 9.17) is 10.5 Å². The molecule has 4 rings (SSSR count). The molecule has 3 aromatic rings. The Morgan fingerprint density at radius 3 is 2.26 bits per heavy atom. The monoisotopic (exact) mass is 493 g/mol. The summed E-state index contributed by atoms with van der Waals surface area (Å²) in [5.74, 6) is -0.260. The standard InChI is InChI=1S/C26H27N3O5S/c27-25(30)23-11-4-5-12-24(23)34-18-13-20-7-6-8-21(19-20)26(31)28-14-16-29(17-15-28)35(32,33)22-9-2-1-3-10-22/h1-12,19H,13-18H2,(H2,27,30). The Hall–Kier alpha value is -3.69. The van der Waals surface area contributed by atoms with Gasteiger partial charge in [0.1, 0.15) is 5.75 Å². The molecule has 0 unspecified atom stereocenters. The van der Waals surface area contributed by atoms with Gasteiger partial charge in [0, 0.05) is 38.2 Å². The zero-order chi connectivity index (χ0) is 24.8. The van der Waals surface area contributed by atoms with E-state index in [-0.39, 0.29) is 23.9 Å². The molecular formula is C26H27N3O5S. The fraction of sp³-hybridized carbons (Fsp3) is 0.231. The molecule has 182 valence electrons. The van der Waals surface area contributed by atoms with E-state index in [2.05, 4.69) is 0 Å². The van der Waals surface area contributed by atoms with E-state index in [1.807, 2.05) is 18.2 Å². The largest absolute Gasteiger partial charge is 0.492 e. The second kappa shape index (κ2) is 10.7. The summed E-state index contributed by atoms with van der Waals surface area (Å²) in [6.07, 6.45) is 0.539. The van der Waals surface area contributed by atoms with Gasteiger partial charge in [0.25, 0.3) is 11.8 Å². The molecule has 9 heteroatoms. The number of hydrogen-bond acceptors (Lipinski definition) is 5. The van der Waals surface area contributed by atoms with Gasteiger partial charge in [-0.05, 0) is 42.0 Å². The van der Waals surface area contributed by atoms with Crippen molar-refractivity contribution in [2.24, 2.45) is 5.73 Å². The van der Waals surface area contributed by atoms with Gasteiger partial charge in [-0.2, -0.15) is 4.31 Å². The molecule has 8 nitrogen and oxygen atoms in total. The number of nitrogens with zero attached hydrogens (tertiary/aromatic N) is 2. The molecule has 0 bridgehead atoms. The second-order valence-corrected chi connectivity index (χ2v) is 10.1. The lowest BCUT2D eigenvalue weighted by Gasteiger charge is -2.34. The number of hydrogen-bond donors (Lipinski definition) is 1. The summed E-state index contributed by atoms with van der Waals surface area (Å²) >= 11 is 0. The van der Waals surface area contributed by atoms with E-state index < -0.39 is 15.9 Å². The average molecular weight is 494 g/mol. The molecule has 0 atom stereocenters. The highest BCUT2D eigenvalue weighted by molar-refractivity contribution is 7.89. The van der Waals surface area contributed by atoms with Gasteiger partial charge in [-0.1, -0.05) is 42.5 Å². The summed E-state index contributed by atoms with van der Waals surface area (Å²) in [6, 6.07) is 22.4. The molecule has 1 heterocycles. The van der Waals surface area contributed by atoms with Crippen molar-refractivity contribution in [1.29, 1.82) is 0 Å². The molecule has 1 aliphatic rings. The third kappa shape index (κ3) is 5.70. The summed E-state index contributed by atoms with van der Waals surface area (Å²) in [5, 5.41) is 0. The summed E-state index contributed by atoms with van der Waals surface area (Å²) < 4.78 is 32.8. The number of piperazine rings is 1. The van der Waals surface area contributed by atoms with Gasteiger partial charge in [-0.3, -0.25) is 9.59 Å². The molecule has 1 aliphatic heterocycles. The van der Waals surface area contributed by atoms with Crippen LogP contribution in [0.4, 0.5) is 0 Å². The highest BCUT2D eigenvalue weighted by Gasteiger charge is 2.30. The number of sulfonamides is 1. The van der Waals surface area contributed by atoms with E-state index in [9.17, 15) is 18.0 Å². The maximum absolute atomic E-state index is 13.1. The molecule has 0 radical (unpaired) electrons. The number of amides is 2. The Kier molecular flexibility index (Phi) is 7.48. The van der Waals surface area contributed by atoms with Crippen LogP contribution in [0.5, 0.6) is 5.75 Å². The summed E-state index contributed by atoms with van der Waals surface area (Å²) in [5.41, 5.74) is 7.17. The predicted octanol–water partition coefficient (Wildman–Crippen LogP) is 2.55. The Bertz CT molecular complexity index is 1300. The van der Waals surface area contributed by atoms with E-state index in [0.717, 1.165) is 5.56 Å². The van der Waals surface area contributed by atoms with Crippen LogP contribution in [-0.2, 0) is 16.4 Å². The normalized spacial score (nSPS) is 14.5. The van der Waals surface area contributed by atoms with Crippen LogP contribution < -0.4 is 10.5 Å². The zero-order valence-electron chi connectivity index (χ0n) is 19.2. The molecular weight excluding hydrogens is 466 g/mol. The van der Waals surface area contributed by atoms with Gasteiger partial charge < -0.3 is 15.4 Å². The summed E-state index contributed by atoms with van der Waals surface area (Å²) in [6.45, 7) is 1.45. The van der Waals surface area contributed by atoms with Crippen LogP contribution in [0.25, 0.3) is 0 Å². The molecule has 0 aromatic heterocycles. The molecule has 0 aliphatic carbocycles. The fourth-order valence-corrected chi connectivity index (χ4v) is 5.43. The molecule has 2 amide bonds. The smallest absolute Gasteiger partial charge is 0.253 e. The first-order valence-corrected chi connectivity index (χ1v) is 12.8. The molecule has 1 saturated heterocycles. The number of primary amides is 1. The Morgan fingerprint density at radius 2 is 1.54 bits per heavy atom. The number of ether oxygens (including phenoxy) is 1. The molecule has 2 N–H and O–H groups in total. The molecule has 35 heavy (non-hydrogen) atoms. The van der Waals surface area contributed by atoms with Gasteiger partial charge in [0.15, 0.2) is 0 Å². The maximum Gasteiger partial charge on any atom is 0.253 e. The first-order chi connectivity index (χ1) is 16.9. The Labute approximate surface area is 205 Å². The van der Waals surface area contributed by atoms with Crippen molar-refractivity contribution in [2.45, 2.75) is 11.3 Å². The van der Waals surface area contributed by atoms with Crippen LogP contribution in [0.1, 0.15) is 26.3 Å². The molecule has 0 saturated carbocycles. The maximum atomic E-state index is 13.1. The SMILES string of the molecule is NC(=O)c1ccccc1OCCc1cccc(C(=O)N2CCN(S(=O)(=O)c3ccccc3)CC2)c1. The topological polar surface area (TPSA) is 110 Å². The molecule has 1 fully saturated rings. The van der Waals surface area contributed by atoms with Gasteiger partial charge in [0.2, 0.25) is 10.0 Å². The van der Waals surface area contributed by atoms with Gasteiger partial charge in [-0.15, -0.1) is 0 Å². The van der Waals surface area contributed by atoms with E-state index >= 15 is 0 Å². The number of carbonyl (C=O) groups excluding carboxylic acids is 2. The van der Waals surface area contributed by atoms with Crippen molar-refractivity contribution >= 4 is 21.8 Å². The average Bonchev–Trinajstić information content (AvgIpc) is 2.89. The highest BCUT2D eigenvalue weighted by atomic mass is 32.2. The lowest BCUT2D eigenvalue weighted by Crippen LogP contribution is -2.50. The van der Waals surface area contributed by atoms with E-state index in [0.29, 0.717) is 43.0 Å². The predicted molar refractivity (Wildman–Crippen MR) is 132 cm³/mol. The van der Waals surface area contributed by atoms with Gasteiger partial charge >= 0.3 is 0 Å².